The number of methoxy groups -OCH3 is 1. The Bertz CT molecular complexity index is 1510. The van der Waals surface area contributed by atoms with Crippen molar-refractivity contribution in [3.05, 3.63) is 77.7 Å². The summed E-state index contributed by atoms with van der Waals surface area (Å²) in [6, 6.07) is 16.6. The molecule has 0 radical (unpaired) electrons. The number of carbonyl (C=O) groups is 1. The molecule has 1 aliphatic heterocycles. The molecule has 1 fully saturated rings. The summed E-state index contributed by atoms with van der Waals surface area (Å²) in [5.74, 6) is -1.37. The zero-order chi connectivity index (χ0) is 27.2. The van der Waals surface area contributed by atoms with Crippen LogP contribution in [-0.2, 0) is 11.3 Å². The molecule has 1 saturated heterocycles. The standard InChI is InChI=1S/C28H29FN2O7/c1-28(25(34)24(33)23(14-32)38-27(28)36)30-26(35)19-13-31(21-11-22(37-2)20(29)10-18(19)21)12-15-7-8-16-5-3-4-6-17(16)9-15/h3-11,13,23-25,27,32-34,36H,12,14H2,1-2H3,(H,30,35)/t23-,24-,25+,27?,28-/m1/s1. The largest absolute Gasteiger partial charge is 0.494 e. The fourth-order valence-electron chi connectivity index (χ4n) is 4.98. The maximum atomic E-state index is 14.7. The maximum absolute atomic E-state index is 14.7. The average Bonchev–Trinajstić information content (AvgIpc) is 3.26. The molecule has 0 bridgehead atoms. The summed E-state index contributed by atoms with van der Waals surface area (Å²) in [5, 5.41) is 45.9. The van der Waals surface area contributed by atoms with Crippen LogP contribution in [0.1, 0.15) is 22.8 Å². The van der Waals surface area contributed by atoms with Gasteiger partial charge in [0.15, 0.2) is 17.9 Å². The van der Waals surface area contributed by atoms with Crippen molar-refractivity contribution in [2.75, 3.05) is 13.7 Å². The number of aliphatic hydroxyl groups is 4. The van der Waals surface area contributed by atoms with Crippen LogP contribution in [0.15, 0.2) is 60.8 Å². The van der Waals surface area contributed by atoms with Crippen molar-refractivity contribution >= 4 is 27.6 Å². The number of fused-ring (bicyclic) bond motifs is 2. The zero-order valence-corrected chi connectivity index (χ0v) is 20.8. The fourth-order valence-corrected chi connectivity index (χ4v) is 4.98. The van der Waals surface area contributed by atoms with E-state index < -0.39 is 48.5 Å². The molecule has 0 aliphatic carbocycles. The van der Waals surface area contributed by atoms with Crippen LogP contribution >= 0.6 is 0 Å². The van der Waals surface area contributed by atoms with Crippen LogP contribution < -0.4 is 10.1 Å². The highest BCUT2D eigenvalue weighted by atomic mass is 19.1. The lowest BCUT2D eigenvalue weighted by atomic mass is 9.84. The second kappa shape index (κ2) is 9.97. The molecule has 5 N–H and O–H groups in total. The van der Waals surface area contributed by atoms with E-state index in [0.29, 0.717) is 17.4 Å². The van der Waals surface area contributed by atoms with Crippen molar-refractivity contribution < 1.29 is 39.1 Å². The van der Waals surface area contributed by atoms with Gasteiger partial charge in [-0.2, -0.15) is 0 Å². The van der Waals surface area contributed by atoms with Gasteiger partial charge >= 0.3 is 0 Å². The van der Waals surface area contributed by atoms with Crippen LogP contribution in [0.4, 0.5) is 4.39 Å². The van der Waals surface area contributed by atoms with E-state index in [-0.39, 0.29) is 11.3 Å². The smallest absolute Gasteiger partial charge is 0.254 e. The lowest BCUT2D eigenvalue weighted by molar-refractivity contribution is -0.278. The lowest BCUT2D eigenvalue weighted by Gasteiger charge is -2.47. The lowest BCUT2D eigenvalue weighted by Crippen LogP contribution is -2.71. The molecule has 5 rings (SSSR count). The SMILES string of the molecule is COc1cc2c(cc1F)c(C(=O)N[C@@]1(C)C(O)O[C@H](CO)[C@@H](O)[C@@H]1O)cn2Cc1ccc2ccccc2c1. The Kier molecular flexibility index (Phi) is 6.84. The number of benzene rings is 3. The molecule has 0 spiro atoms. The van der Waals surface area contributed by atoms with Gasteiger partial charge in [-0.1, -0.05) is 36.4 Å². The number of nitrogens with one attached hydrogen (secondary N) is 1. The molecule has 5 atom stereocenters. The molecule has 1 aromatic heterocycles. The Morgan fingerprint density at radius 3 is 2.58 bits per heavy atom. The molecule has 3 aromatic carbocycles. The van der Waals surface area contributed by atoms with Gasteiger partial charge in [-0.25, -0.2) is 4.39 Å². The molecule has 10 heteroatoms. The number of hydrogen-bond acceptors (Lipinski definition) is 7. The molecule has 4 aromatic rings. The van der Waals surface area contributed by atoms with E-state index >= 15 is 0 Å². The van der Waals surface area contributed by atoms with Gasteiger partial charge in [-0.05, 0) is 35.4 Å². The first-order chi connectivity index (χ1) is 18.2. The van der Waals surface area contributed by atoms with E-state index in [0.717, 1.165) is 16.3 Å². The predicted octanol–water partition coefficient (Wildman–Crippen LogP) is 1.91. The third-order valence-corrected chi connectivity index (χ3v) is 7.26. The quantitative estimate of drug-likeness (QED) is 0.260. The van der Waals surface area contributed by atoms with Crippen molar-refractivity contribution in [3.8, 4) is 5.75 Å². The molecule has 9 nitrogen and oxygen atoms in total. The first-order valence-corrected chi connectivity index (χ1v) is 12.1. The highest BCUT2D eigenvalue weighted by Crippen LogP contribution is 2.32. The van der Waals surface area contributed by atoms with Crippen molar-refractivity contribution in [2.24, 2.45) is 0 Å². The van der Waals surface area contributed by atoms with Gasteiger partial charge < -0.3 is 39.8 Å². The third kappa shape index (κ3) is 4.40. The molecule has 2 heterocycles. The second-order valence-corrected chi connectivity index (χ2v) is 9.74. The normalized spacial score (nSPS) is 25.6. The average molecular weight is 525 g/mol. The van der Waals surface area contributed by atoms with Crippen molar-refractivity contribution in [3.63, 3.8) is 0 Å². The Morgan fingerprint density at radius 1 is 1.13 bits per heavy atom. The predicted molar refractivity (Wildman–Crippen MR) is 137 cm³/mol. The van der Waals surface area contributed by atoms with Crippen molar-refractivity contribution in [2.45, 2.75) is 43.6 Å². The summed E-state index contributed by atoms with van der Waals surface area (Å²) >= 11 is 0. The van der Waals surface area contributed by atoms with Gasteiger partial charge in [0.2, 0.25) is 0 Å². The summed E-state index contributed by atoms with van der Waals surface area (Å²) < 4.78 is 26.9. The van der Waals surface area contributed by atoms with E-state index in [1.807, 2.05) is 42.5 Å². The van der Waals surface area contributed by atoms with Gasteiger partial charge in [0, 0.05) is 24.2 Å². The summed E-state index contributed by atoms with van der Waals surface area (Å²) in [6.45, 7) is 1.05. The van der Waals surface area contributed by atoms with Crippen LogP contribution in [0.3, 0.4) is 0 Å². The minimum atomic E-state index is -1.82. The number of aromatic nitrogens is 1. The van der Waals surface area contributed by atoms with E-state index in [9.17, 15) is 29.6 Å². The summed E-state index contributed by atoms with van der Waals surface area (Å²) in [4.78, 5) is 13.5. The minimum absolute atomic E-state index is 0.0129. The number of amides is 1. The summed E-state index contributed by atoms with van der Waals surface area (Å²) in [7, 11) is 1.35. The van der Waals surface area contributed by atoms with Gasteiger partial charge in [0.05, 0.1) is 24.8 Å². The molecule has 1 unspecified atom stereocenters. The minimum Gasteiger partial charge on any atom is -0.494 e. The van der Waals surface area contributed by atoms with Crippen LogP contribution in [0, 0.1) is 5.82 Å². The van der Waals surface area contributed by atoms with E-state index in [1.165, 1.54) is 26.2 Å². The Morgan fingerprint density at radius 2 is 1.87 bits per heavy atom. The van der Waals surface area contributed by atoms with Gasteiger partial charge in [-0.15, -0.1) is 0 Å². The van der Waals surface area contributed by atoms with Crippen molar-refractivity contribution in [1.29, 1.82) is 0 Å². The number of carbonyl (C=O) groups excluding carboxylic acids is 1. The zero-order valence-electron chi connectivity index (χ0n) is 20.8. The molecular formula is C28H29FN2O7. The Hall–Kier alpha value is -3.54. The summed E-state index contributed by atoms with van der Waals surface area (Å²) in [6.07, 6.45) is -4.62. The highest BCUT2D eigenvalue weighted by molar-refractivity contribution is 6.07. The fraction of sp³-hybridized carbons (Fsp3) is 0.321. The molecule has 200 valence electrons. The molecule has 1 aliphatic rings. The summed E-state index contributed by atoms with van der Waals surface area (Å²) in [5.41, 5.74) is -0.248. The van der Waals surface area contributed by atoms with Gasteiger partial charge in [-0.3, -0.25) is 4.79 Å². The molecule has 0 saturated carbocycles. The third-order valence-electron chi connectivity index (χ3n) is 7.26. The first kappa shape index (κ1) is 26.1. The van der Waals surface area contributed by atoms with Crippen LogP contribution in [0.25, 0.3) is 21.7 Å². The van der Waals surface area contributed by atoms with Crippen molar-refractivity contribution in [1.82, 2.24) is 9.88 Å². The molecule has 1 amide bonds. The van der Waals surface area contributed by atoms with Crippen LogP contribution in [-0.4, -0.2) is 74.8 Å². The number of rotatable bonds is 6. The number of hydrogen-bond donors (Lipinski definition) is 5. The first-order valence-electron chi connectivity index (χ1n) is 12.1. The Balaban J connectivity index is 1.53. The highest BCUT2D eigenvalue weighted by Gasteiger charge is 2.53. The van der Waals surface area contributed by atoms with E-state index in [2.05, 4.69) is 5.32 Å². The van der Waals surface area contributed by atoms with Gasteiger partial charge in [0.1, 0.15) is 23.9 Å². The van der Waals surface area contributed by atoms with E-state index in [4.69, 9.17) is 9.47 Å². The maximum Gasteiger partial charge on any atom is 0.254 e. The number of halogens is 1. The number of ether oxygens (including phenoxy) is 2. The monoisotopic (exact) mass is 524 g/mol. The van der Waals surface area contributed by atoms with Gasteiger partial charge in [0.25, 0.3) is 5.91 Å². The topological polar surface area (TPSA) is 133 Å². The number of nitrogens with zero attached hydrogens (tertiary/aromatic N) is 1. The molecule has 38 heavy (non-hydrogen) atoms. The van der Waals surface area contributed by atoms with Crippen LogP contribution in [0.5, 0.6) is 5.75 Å². The van der Waals surface area contributed by atoms with E-state index in [1.54, 1.807) is 10.8 Å². The Labute approximate surface area is 217 Å². The molecular weight excluding hydrogens is 495 g/mol. The number of aliphatic hydroxyl groups excluding tert-OH is 4. The van der Waals surface area contributed by atoms with Crippen LogP contribution in [0.2, 0.25) is 0 Å². The second-order valence-electron chi connectivity index (χ2n) is 9.74.